The highest BCUT2D eigenvalue weighted by atomic mass is 127. The van der Waals surface area contributed by atoms with E-state index in [9.17, 15) is 0 Å². The van der Waals surface area contributed by atoms with Crippen molar-refractivity contribution in [2.75, 3.05) is 6.61 Å². The highest BCUT2D eigenvalue weighted by Crippen LogP contribution is 2.26. The van der Waals surface area contributed by atoms with Crippen LogP contribution in [-0.2, 0) is 11.9 Å². The first-order valence-corrected chi connectivity index (χ1v) is 7.19. The van der Waals surface area contributed by atoms with Crippen molar-refractivity contribution in [1.29, 1.82) is 0 Å². The largest absolute Gasteiger partial charge is 1.00 e. The summed E-state index contributed by atoms with van der Waals surface area (Å²) in [5.74, 6) is 0. The monoisotopic (exact) mass is 393 g/mol. The molecule has 0 radical (unpaired) electrons. The van der Waals surface area contributed by atoms with Crippen molar-refractivity contribution >= 4 is 17.6 Å². The van der Waals surface area contributed by atoms with Gasteiger partial charge in [0.05, 0.1) is 12.2 Å². The number of hydroxylamine groups is 1. The molecule has 0 aliphatic carbocycles. The summed E-state index contributed by atoms with van der Waals surface area (Å²) in [4.78, 5) is 8.86. The molecule has 0 spiro atoms. The lowest BCUT2D eigenvalue weighted by molar-refractivity contribution is -0.671. The van der Waals surface area contributed by atoms with Crippen LogP contribution < -0.4 is 33.4 Å². The quantitative estimate of drug-likeness (QED) is 0.303. The van der Waals surface area contributed by atoms with E-state index in [4.69, 9.17) is 4.84 Å². The number of nitrogens with one attached hydrogen (secondary N) is 1. The summed E-state index contributed by atoms with van der Waals surface area (Å²) in [6.45, 7) is 2.94. The van der Waals surface area contributed by atoms with Crippen molar-refractivity contribution in [2.45, 2.75) is 26.2 Å². The van der Waals surface area contributed by atoms with E-state index in [2.05, 4.69) is 29.4 Å². The number of pyridine rings is 1. The van der Waals surface area contributed by atoms with Crippen molar-refractivity contribution in [3.63, 3.8) is 0 Å². The lowest BCUT2D eigenvalue weighted by Crippen LogP contribution is -3.00. The smallest absolute Gasteiger partial charge is 0.178 e. The zero-order chi connectivity index (χ0) is 12.8. The van der Waals surface area contributed by atoms with Gasteiger partial charge in [-0.15, -0.1) is 4.83 Å². The Morgan fingerprint density at radius 1 is 1.42 bits per heavy atom. The first kappa shape index (κ1) is 16.7. The Balaban J connectivity index is 0.00000180. The van der Waals surface area contributed by atoms with E-state index in [-0.39, 0.29) is 24.0 Å². The minimum atomic E-state index is 0. The maximum Gasteiger partial charge on any atom is 0.178 e. The van der Waals surface area contributed by atoms with Crippen molar-refractivity contribution in [3.05, 3.63) is 35.5 Å². The SMILES string of the molecule is CCCCCON1NSC=C1c1ccc[n+](C)c1.[I-]. The Bertz CT molecular complexity index is 428. The van der Waals surface area contributed by atoms with E-state index >= 15 is 0 Å². The van der Waals surface area contributed by atoms with Gasteiger partial charge in [0, 0.05) is 11.5 Å². The Hall–Kier alpha value is -0.310. The third-order valence-electron chi connectivity index (χ3n) is 2.73. The molecular weight excluding hydrogens is 373 g/mol. The van der Waals surface area contributed by atoms with Gasteiger partial charge in [-0.1, -0.05) is 19.8 Å². The van der Waals surface area contributed by atoms with Gasteiger partial charge in [0.25, 0.3) is 0 Å². The number of halogens is 1. The third-order valence-corrected chi connectivity index (χ3v) is 3.34. The number of hydrazine groups is 1. The molecule has 0 saturated heterocycles. The molecule has 1 aromatic heterocycles. The fourth-order valence-electron chi connectivity index (χ4n) is 1.76. The van der Waals surface area contributed by atoms with E-state index in [1.165, 1.54) is 24.8 Å². The van der Waals surface area contributed by atoms with Crippen LogP contribution in [0.5, 0.6) is 0 Å². The van der Waals surface area contributed by atoms with Crippen molar-refractivity contribution in [2.24, 2.45) is 7.05 Å². The van der Waals surface area contributed by atoms with Gasteiger partial charge in [-0.05, 0) is 24.4 Å². The second-order valence-electron chi connectivity index (χ2n) is 4.31. The molecule has 0 saturated carbocycles. The van der Waals surface area contributed by atoms with Gasteiger partial charge in [-0.25, -0.2) is 4.57 Å². The molecule has 1 N–H and O–H groups in total. The van der Waals surface area contributed by atoms with Crippen molar-refractivity contribution in [1.82, 2.24) is 10.0 Å². The maximum absolute atomic E-state index is 5.74. The lowest BCUT2D eigenvalue weighted by Gasteiger charge is -2.19. The first-order chi connectivity index (χ1) is 8.81. The average Bonchev–Trinajstić information content (AvgIpc) is 2.83. The van der Waals surface area contributed by atoms with Gasteiger partial charge >= 0.3 is 0 Å². The molecule has 1 aliphatic heterocycles. The van der Waals surface area contributed by atoms with Gasteiger partial charge in [0.1, 0.15) is 12.7 Å². The van der Waals surface area contributed by atoms with Crippen molar-refractivity contribution < 1.29 is 33.4 Å². The Morgan fingerprint density at radius 3 is 3.00 bits per heavy atom. The van der Waals surface area contributed by atoms with Gasteiger partial charge in [-0.3, -0.25) is 4.84 Å². The summed E-state index contributed by atoms with van der Waals surface area (Å²) in [7, 11) is 2.02. The van der Waals surface area contributed by atoms with Gasteiger partial charge in [0.2, 0.25) is 0 Å². The van der Waals surface area contributed by atoms with Crippen LogP contribution in [0.3, 0.4) is 0 Å². The van der Waals surface area contributed by atoms with Gasteiger partial charge in [0.15, 0.2) is 12.4 Å². The van der Waals surface area contributed by atoms with Crippen LogP contribution in [0.15, 0.2) is 29.9 Å². The molecule has 2 rings (SSSR count). The third kappa shape index (κ3) is 4.94. The zero-order valence-corrected chi connectivity index (χ0v) is 14.3. The fraction of sp³-hybridized carbons (Fsp3) is 0.462. The molecular formula is C13H20IN3OS. The molecule has 0 atom stereocenters. The summed E-state index contributed by atoms with van der Waals surface area (Å²) < 4.78 is 2.04. The van der Waals surface area contributed by atoms with Crippen LogP contribution in [0.4, 0.5) is 0 Å². The molecule has 0 unspecified atom stereocenters. The van der Waals surface area contributed by atoms with Crippen LogP contribution >= 0.6 is 11.9 Å². The van der Waals surface area contributed by atoms with E-state index in [1.807, 2.05) is 23.9 Å². The second kappa shape index (κ2) is 8.78. The number of nitrogens with zero attached hydrogens (tertiary/aromatic N) is 2. The molecule has 0 aromatic carbocycles. The second-order valence-corrected chi connectivity index (χ2v) is 4.96. The molecule has 4 nitrogen and oxygen atoms in total. The highest BCUT2D eigenvalue weighted by molar-refractivity contribution is 8.00. The predicted molar refractivity (Wildman–Crippen MR) is 73.6 cm³/mol. The normalized spacial score (nSPS) is 14.2. The molecule has 1 aliphatic rings. The maximum atomic E-state index is 5.74. The Morgan fingerprint density at radius 2 is 2.26 bits per heavy atom. The minimum Gasteiger partial charge on any atom is -1.00 e. The molecule has 0 fully saturated rings. The first-order valence-electron chi connectivity index (χ1n) is 6.31. The van der Waals surface area contributed by atoms with Gasteiger partial charge < -0.3 is 24.0 Å². The zero-order valence-electron chi connectivity index (χ0n) is 11.3. The molecule has 19 heavy (non-hydrogen) atoms. The summed E-state index contributed by atoms with van der Waals surface area (Å²) in [5, 5.41) is 3.82. The number of hydrogen-bond acceptors (Lipinski definition) is 4. The van der Waals surface area contributed by atoms with E-state index in [0.717, 1.165) is 24.3 Å². The molecule has 6 heteroatoms. The number of unbranched alkanes of at least 4 members (excludes halogenated alkanes) is 2. The molecule has 1 aromatic rings. The molecule has 0 amide bonds. The van der Waals surface area contributed by atoms with Crippen LogP contribution in [0.2, 0.25) is 0 Å². The van der Waals surface area contributed by atoms with Crippen LogP contribution in [0.1, 0.15) is 31.7 Å². The van der Waals surface area contributed by atoms with E-state index in [1.54, 1.807) is 5.17 Å². The molecule has 106 valence electrons. The number of aromatic nitrogens is 1. The van der Waals surface area contributed by atoms with Crippen molar-refractivity contribution in [3.8, 4) is 0 Å². The van der Waals surface area contributed by atoms with Crippen LogP contribution in [0, 0.1) is 0 Å². The van der Waals surface area contributed by atoms with E-state index < -0.39 is 0 Å². The average molecular weight is 393 g/mol. The standard InChI is InChI=1S/C13H20N3OS.HI/c1-3-4-5-9-17-16-13(11-18-14-16)12-7-6-8-15(2)10-12;/h6-8,10-11,14H,3-5,9H2,1-2H3;1H/q+1;/p-1. The number of aryl methyl sites for hydroxylation is 1. The Kier molecular flexibility index (Phi) is 7.74. The van der Waals surface area contributed by atoms with Crippen LogP contribution in [0.25, 0.3) is 5.70 Å². The summed E-state index contributed by atoms with van der Waals surface area (Å²) in [5.41, 5.74) is 2.21. The summed E-state index contributed by atoms with van der Waals surface area (Å²) in [6, 6.07) is 4.12. The fourth-order valence-corrected chi connectivity index (χ4v) is 2.40. The Labute approximate surface area is 136 Å². The summed E-state index contributed by atoms with van der Waals surface area (Å²) in [6.07, 6.45) is 7.62. The minimum absolute atomic E-state index is 0. The predicted octanol–water partition coefficient (Wildman–Crippen LogP) is -0.596. The lowest BCUT2D eigenvalue weighted by atomic mass is 10.2. The molecule has 0 bridgehead atoms. The number of rotatable bonds is 6. The molecule has 2 heterocycles. The number of hydrogen-bond donors (Lipinski definition) is 1. The van der Waals surface area contributed by atoms with Gasteiger partial charge in [-0.2, -0.15) is 5.17 Å². The van der Waals surface area contributed by atoms with E-state index in [0.29, 0.717) is 0 Å². The van der Waals surface area contributed by atoms with Crippen LogP contribution in [-0.4, -0.2) is 11.8 Å². The topological polar surface area (TPSA) is 28.4 Å². The summed E-state index contributed by atoms with van der Waals surface area (Å²) >= 11 is 1.53. The highest BCUT2D eigenvalue weighted by Gasteiger charge is 2.19.